The average molecular weight is 374 g/mol. The monoisotopic (exact) mass is 374 g/mol. The van der Waals surface area contributed by atoms with E-state index in [1.165, 1.54) is 0 Å². The SMILES string of the molecule is COCCn1ncc(-c2ccc(B3OC(C)(C)C(C)(C)O3)c(C)c2F)c1C. The second-order valence-electron chi connectivity index (χ2n) is 8.09. The third kappa shape index (κ3) is 3.44. The summed E-state index contributed by atoms with van der Waals surface area (Å²) in [4.78, 5) is 0. The van der Waals surface area contributed by atoms with Gasteiger partial charge in [-0.2, -0.15) is 5.10 Å². The summed E-state index contributed by atoms with van der Waals surface area (Å²) in [6, 6.07) is 3.68. The molecule has 3 rings (SSSR count). The largest absolute Gasteiger partial charge is 0.495 e. The number of ether oxygens (including phenoxy) is 1. The zero-order valence-electron chi connectivity index (χ0n) is 17.2. The molecule has 146 valence electrons. The summed E-state index contributed by atoms with van der Waals surface area (Å²) in [7, 11) is 1.07. The molecule has 1 aromatic carbocycles. The van der Waals surface area contributed by atoms with Gasteiger partial charge in [0.15, 0.2) is 0 Å². The van der Waals surface area contributed by atoms with Crippen LogP contribution in [0.2, 0.25) is 0 Å². The second-order valence-corrected chi connectivity index (χ2v) is 8.09. The van der Waals surface area contributed by atoms with Gasteiger partial charge in [-0.25, -0.2) is 4.39 Å². The Kier molecular flexibility index (Phi) is 5.23. The molecule has 7 heteroatoms. The lowest BCUT2D eigenvalue weighted by Crippen LogP contribution is -2.41. The van der Waals surface area contributed by atoms with Gasteiger partial charge in [0.1, 0.15) is 5.82 Å². The number of rotatable bonds is 5. The van der Waals surface area contributed by atoms with Crippen LogP contribution in [0.25, 0.3) is 11.1 Å². The van der Waals surface area contributed by atoms with Crippen LogP contribution in [0.15, 0.2) is 18.3 Å². The number of hydrogen-bond acceptors (Lipinski definition) is 4. The highest BCUT2D eigenvalue weighted by molar-refractivity contribution is 6.62. The van der Waals surface area contributed by atoms with Gasteiger partial charge in [0.25, 0.3) is 0 Å². The summed E-state index contributed by atoms with van der Waals surface area (Å²) in [6.45, 7) is 12.9. The van der Waals surface area contributed by atoms with Crippen LogP contribution in [0.1, 0.15) is 39.0 Å². The molecule has 2 heterocycles. The Morgan fingerprint density at radius 3 is 2.33 bits per heavy atom. The van der Waals surface area contributed by atoms with Crippen LogP contribution in [-0.4, -0.2) is 41.8 Å². The first-order valence-electron chi connectivity index (χ1n) is 9.25. The average Bonchev–Trinajstić information content (AvgIpc) is 3.04. The van der Waals surface area contributed by atoms with Crippen LogP contribution >= 0.6 is 0 Å². The minimum Gasteiger partial charge on any atom is -0.399 e. The van der Waals surface area contributed by atoms with Crippen LogP contribution in [0.4, 0.5) is 4.39 Å². The highest BCUT2D eigenvalue weighted by Crippen LogP contribution is 2.37. The van der Waals surface area contributed by atoms with E-state index < -0.39 is 18.3 Å². The van der Waals surface area contributed by atoms with E-state index in [9.17, 15) is 0 Å². The van der Waals surface area contributed by atoms with E-state index in [1.807, 2.05) is 45.4 Å². The fourth-order valence-corrected chi connectivity index (χ4v) is 3.25. The molecule has 1 fully saturated rings. The Labute approximate surface area is 161 Å². The normalized spacial score (nSPS) is 18.3. The molecule has 1 aromatic heterocycles. The standard InChI is InChI=1S/C20H28BFN2O3/c1-13-17(21-26-19(3,4)20(5,6)27-21)9-8-15(18(13)22)16-12-23-24(14(16)2)10-11-25-7/h8-9,12H,10-11H2,1-7H3. The predicted octanol–water partition coefficient (Wildman–Crippen LogP) is 3.25. The number of aromatic nitrogens is 2. The van der Waals surface area contributed by atoms with Crippen LogP contribution in [-0.2, 0) is 20.6 Å². The molecular formula is C20H28BFN2O3. The van der Waals surface area contributed by atoms with Gasteiger partial charge in [-0.05, 0) is 52.6 Å². The van der Waals surface area contributed by atoms with E-state index in [2.05, 4.69) is 5.10 Å². The van der Waals surface area contributed by atoms with Crippen molar-refractivity contribution in [3.05, 3.63) is 35.4 Å². The first kappa shape index (κ1) is 20.0. The summed E-state index contributed by atoms with van der Waals surface area (Å²) >= 11 is 0. The zero-order valence-corrected chi connectivity index (χ0v) is 17.2. The Balaban J connectivity index is 1.94. The van der Waals surface area contributed by atoms with Crippen molar-refractivity contribution in [3.63, 3.8) is 0 Å². The maximum absolute atomic E-state index is 15.3. The van der Waals surface area contributed by atoms with Gasteiger partial charge in [0, 0.05) is 23.9 Å². The Morgan fingerprint density at radius 2 is 1.74 bits per heavy atom. The molecule has 1 aliphatic rings. The number of benzene rings is 1. The van der Waals surface area contributed by atoms with Gasteiger partial charge in [-0.3, -0.25) is 4.68 Å². The van der Waals surface area contributed by atoms with Crippen molar-refractivity contribution in [3.8, 4) is 11.1 Å². The maximum Gasteiger partial charge on any atom is 0.495 e. The molecule has 0 radical (unpaired) electrons. The van der Waals surface area contributed by atoms with E-state index >= 15 is 4.39 Å². The first-order valence-corrected chi connectivity index (χ1v) is 9.25. The molecule has 0 amide bonds. The number of halogens is 1. The molecule has 27 heavy (non-hydrogen) atoms. The van der Waals surface area contributed by atoms with E-state index in [-0.39, 0.29) is 5.82 Å². The van der Waals surface area contributed by atoms with Gasteiger partial charge in [0.2, 0.25) is 0 Å². The topological polar surface area (TPSA) is 45.5 Å². The fraction of sp³-hybridized carbons (Fsp3) is 0.550. The number of hydrogen-bond donors (Lipinski definition) is 0. The molecule has 0 N–H and O–H groups in total. The molecular weight excluding hydrogens is 346 g/mol. The van der Waals surface area contributed by atoms with Crippen molar-refractivity contribution in [1.29, 1.82) is 0 Å². The van der Waals surface area contributed by atoms with Crippen molar-refractivity contribution >= 4 is 12.6 Å². The molecule has 2 aromatic rings. The van der Waals surface area contributed by atoms with Gasteiger partial charge in [-0.1, -0.05) is 12.1 Å². The lowest BCUT2D eigenvalue weighted by atomic mass is 9.75. The maximum atomic E-state index is 15.3. The van der Waals surface area contributed by atoms with E-state index in [4.69, 9.17) is 14.0 Å². The van der Waals surface area contributed by atoms with Gasteiger partial charge >= 0.3 is 7.12 Å². The minimum atomic E-state index is -0.580. The van der Waals surface area contributed by atoms with E-state index in [0.29, 0.717) is 24.3 Å². The molecule has 0 bridgehead atoms. The number of methoxy groups -OCH3 is 1. The summed E-state index contributed by atoms with van der Waals surface area (Å²) in [6.07, 6.45) is 1.71. The van der Waals surface area contributed by atoms with Crippen molar-refractivity contribution in [1.82, 2.24) is 9.78 Å². The van der Waals surface area contributed by atoms with Crippen LogP contribution < -0.4 is 5.46 Å². The van der Waals surface area contributed by atoms with Crippen molar-refractivity contribution in [2.45, 2.75) is 59.3 Å². The van der Waals surface area contributed by atoms with Gasteiger partial charge in [0.05, 0.1) is 30.6 Å². The molecule has 1 saturated heterocycles. The molecule has 0 saturated carbocycles. The van der Waals surface area contributed by atoms with Gasteiger partial charge < -0.3 is 14.0 Å². The Hall–Kier alpha value is -1.70. The molecule has 1 aliphatic heterocycles. The highest BCUT2D eigenvalue weighted by atomic mass is 19.1. The lowest BCUT2D eigenvalue weighted by molar-refractivity contribution is 0.00578. The summed E-state index contributed by atoms with van der Waals surface area (Å²) in [5.41, 5.74) is 2.57. The van der Waals surface area contributed by atoms with Crippen molar-refractivity contribution in [2.24, 2.45) is 0 Å². The van der Waals surface area contributed by atoms with Crippen molar-refractivity contribution in [2.75, 3.05) is 13.7 Å². The smallest absolute Gasteiger partial charge is 0.399 e. The predicted molar refractivity (Wildman–Crippen MR) is 105 cm³/mol. The van der Waals surface area contributed by atoms with Gasteiger partial charge in [-0.15, -0.1) is 0 Å². The molecule has 5 nitrogen and oxygen atoms in total. The van der Waals surface area contributed by atoms with E-state index in [0.717, 1.165) is 16.7 Å². The first-order chi connectivity index (χ1) is 12.6. The van der Waals surface area contributed by atoms with Crippen molar-refractivity contribution < 1.29 is 18.4 Å². The third-order valence-electron chi connectivity index (χ3n) is 5.84. The second kappa shape index (κ2) is 7.04. The molecule has 0 spiro atoms. The Morgan fingerprint density at radius 1 is 1.11 bits per heavy atom. The van der Waals surface area contributed by atoms with E-state index in [1.54, 1.807) is 26.3 Å². The molecule has 0 atom stereocenters. The summed E-state index contributed by atoms with van der Waals surface area (Å²) in [5.74, 6) is -0.267. The quantitative estimate of drug-likeness (QED) is 0.754. The summed E-state index contributed by atoms with van der Waals surface area (Å²) < 4.78 is 34.4. The van der Waals surface area contributed by atoms with Crippen LogP contribution in [0.5, 0.6) is 0 Å². The highest BCUT2D eigenvalue weighted by Gasteiger charge is 2.52. The lowest BCUT2D eigenvalue weighted by Gasteiger charge is -2.32. The summed E-state index contributed by atoms with van der Waals surface area (Å²) in [5, 5.41) is 4.36. The number of nitrogens with zero attached hydrogens (tertiary/aromatic N) is 2. The van der Waals surface area contributed by atoms with Crippen LogP contribution in [0, 0.1) is 19.7 Å². The molecule has 0 aliphatic carbocycles. The van der Waals surface area contributed by atoms with Crippen LogP contribution in [0.3, 0.4) is 0 Å². The third-order valence-corrected chi connectivity index (χ3v) is 5.84. The molecule has 0 unspecified atom stereocenters. The fourth-order valence-electron chi connectivity index (χ4n) is 3.25. The Bertz CT molecular complexity index is 832. The zero-order chi connectivity index (χ0) is 20.0. The minimum absolute atomic E-state index is 0.267.